The van der Waals surface area contributed by atoms with Crippen LogP contribution in [0.1, 0.15) is 25.7 Å². The van der Waals surface area contributed by atoms with E-state index >= 15 is 0 Å². The number of carbonyl (C=O) groups is 1. The molecule has 3 N–H and O–H groups in total. The first-order valence-corrected chi connectivity index (χ1v) is 6.07. The maximum absolute atomic E-state index is 11.7. The lowest BCUT2D eigenvalue weighted by Gasteiger charge is -2.37. The Morgan fingerprint density at radius 2 is 2.31 bits per heavy atom. The summed E-state index contributed by atoms with van der Waals surface area (Å²) in [7, 11) is 0. The van der Waals surface area contributed by atoms with Gasteiger partial charge in [0.1, 0.15) is 5.82 Å². The molecule has 0 spiro atoms. The van der Waals surface area contributed by atoms with Crippen molar-refractivity contribution in [2.45, 2.75) is 31.2 Å². The number of amides is 1. The molecule has 0 unspecified atom stereocenters. The topological polar surface area (TPSA) is 68.0 Å². The highest BCUT2D eigenvalue weighted by atomic mass is 79.9. The number of pyridine rings is 1. The number of nitrogens with one attached hydrogen (secondary N) is 1. The quantitative estimate of drug-likeness (QED) is 0.892. The van der Waals surface area contributed by atoms with Gasteiger partial charge in [-0.25, -0.2) is 4.98 Å². The van der Waals surface area contributed by atoms with Crippen LogP contribution in [0.2, 0.25) is 0 Å². The number of nitrogens with two attached hydrogens (primary N) is 1. The van der Waals surface area contributed by atoms with Crippen molar-refractivity contribution in [2.24, 2.45) is 5.73 Å². The van der Waals surface area contributed by atoms with Crippen LogP contribution < -0.4 is 11.1 Å². The van der Waals surface area contributed by atoms with Crippen LogP contribution in [0.5, 0.6) is 0 Å². The van der Waals surface area contributed by atoms with Gasteiger partial charge in [-0.2, -0.15) is 0 Å². The first-order chi connectivity index (χ1) is 7.57. The maximum Gasteiger partial charge on any atom is 0.227 e. The van der Waals surface area contributed by atoms with Gasteiger partial charge < -0.3 is 11.1 Å². The lowest BCUT2D eigenvalue weighted by Crippen LogP contribution is -2.48. The molecule has 4 nitrogen and oxygen atoms in total. The van der Waals surface area contributed by atoms with Crippen LogP contribution in [0, 0.1) is 0 Å². The minimum atomic E-state index is -0.278. The molecule has 0 saturated heterocycles. The van der Waals surface area contributed by atoms with Gasteiger partial charge in [0.25, 0.3) is 0 Å². The number of anilines is 1. The predicted octanol–water partition coefficient (Wildman–Crippen LogP) is 2.05. The second kappa shape index (κ2) is 4.51. The molecule has 0 bridgehead atoms. The van der Waals surface area contributed by atoms with Crippen molar-refractivity contribution in [3.8, 4) is 0 Å². The molecule has 1 aromatic rings. The van der Waals surface area contributed by atoms with Crippen molar-refractivity contribution in [2.75, 3.05) is 5.32 Å². The molecule has 0 aromatic carbocycles. The number of aromatic nitrogens is 1. The molecule has 1 saturated carbocycles. The molecule has 1 aliphatic rings. The number of rotatable bonds is 3. The Kier molecular flexibility index (Phi) is 3.25. The van der Waals surface area contributed by atoms with E-state index < -0.39 is 0 Å². The van der Waals surface area contributed by atoms with Gasteiger partial charge in [-0.3, -0.25) is 4.79 Å². The summed E-state index contributed by atoms with van der Waals surface area (Å²) >= 11 is 3.29. The summed E-state index contributed by atoms with van der Waals surface area (Å²) < 4.78 is 0.889. The Labute approximate surface area is 103 Å². The first-order valence-electron chi connectivity index (χ1n) is 5.28. The normalized spacial score (nSPS) is 17.6. The van der Waals surface area contributed by atoms with Gasteiger partial charge in [0.15, 0.2) is 0 Å². The predicted molar refractivity (Wildman–Crippen MR) is 66.0 cm³/mol. The zero-order valence-corrected chi connectivity index (χ0v) is 10.5. The van der Waals surface area contributed by atoms with Crippen molar-refractivity contribution in [3.63, 3.8) is 0 Å². The number of hydrogen-bond donors (Lipinski definition) is 2. The lowest BCUT2D eigenvalue weighted by atomic mass is 9.75. The second-order valence-corrected chi connectivity index (χ2v) is 5.22. The zero-order chi connectivity index (χ0) is 11.6. The molecule has 86 valence electrons. The highest BCUT2D eigenvalue weighted by molar-refractivity contribution is 9.10. The van der Waals surface area contributed by atoms with Crippen LogP contribution in [0.3, 0.4) is 0 Å². The summed E-state index contributed by atoms with van der Waals surface area (Å²) in [4.78, 5) is 15.7. The van der Waals surface area contributed by atoms with E-state index in [0.29, 0.717) is 12.2 Å². The number of hydrogen-bond acceptors (Lipinski definition) is 3. The Morgan fingerprint density at radius 3 is 2.81 bits per heavy atom. The summed E-state index contributed by atoms with van der Waals surface area (Å²) in [5.41, 5.74) is 5.71. The summed E-state index contributed by atoms with van der Waals surface area (Å²) in [5.74, 6) is 0.508. The minimum absolute atomic E-state index is 0.0583. The Bertz CT molecular complexity index is 387. The molecule has 2 rings (SSSR count). The molecule has 0 aliphatic heterocycles. The summed E-state index contributed by atoms with van der Waals surface area (Å²) in [6.07, 6.45) is 5.03. The first kappa shape index (κ1) is 11.5. The van der Waals surface area contributed by atoms with Gasteiger partial charge in [-0.1, -0.05) is 0 Å². The smallest absolute Gasteiger partial charge is 0.227 e. The van der Waals surface area contributed by atoms with Gasteiger partial charge in [-0.05, 0) is 47.3 Å². The minimum Gasteiger partial charge on any atom is -0.325 e. The van der Waals surface area contributed by atoms with Gasteiger partial charge >= 0.3 is 0 Å². The Morgan fingerprint density at radius 1 is 1.56 bits per heavy atom. The standard InChI is InChI=1S/C11H14BrN3O/c12-8-2-3-9(14-7-8)15-10(16)6-11(13)4-1-5-11/h2-3,7H,1,4-6,13H2,(H,14,15,16). The molecule has 16 heavy (non-hydrogen) atoms. The van der Waals surface area contributed by atoms with Crippen molar-refractivity contribution < 1.29 is 4.79 Å². The fourth-order valence-corrected chi connectivity index (χ4v) is 2.00. The van der Waals surface area contributed by atoms with Crippen molar-refractivity contribution in [3.05, 3.63) is 22.8 Å². The van der Waals surface area contributed by atoms with E-state index in [1.165, 1.54) is 0 Å². The summed E-state index contributed by atoms with van der Waals surface area (Å²) in [6.45, 7) is 0. The molecule has 1 fully saturated rings. The average Bonchev–Trinajstić information content (AvgIpc) is 2.19. The third-order valence-electron chi connectivity index (χ3n) is 2.86. The lowest BCUT2D eigenvalue weighted by molar-refractivity contribution is -0.118. The maximum atomic E-state index is 11.7. The van der Waals surface area contributed by atoms with E-state index in [1.807, 2.05) is 6.07 Å². The van der Waals surface area contributed by atoms with Crippen molar-refractivity contribution >= 4 is 27.7 Å². The summed E-state index contributed by atoms with van der Waals surface area (Å²) in [5, 5.41) is 2.74. The SMILES string of the molecule is NC1(CC(=O)Nc2ccc(Br)cn2)CCC1. The molecule has 0 radical (unpaired) electrons. The zero-order valence-electron chi connectivity index (χ0n) is 8.87. The van der Waals surface area contributed by atoms with E-state index in [4.69, 9.17) is 5.73 Å². The second-order valence-electron chi connectivity index (χ2n) is 4.30. The molecule has 1 amide bonds. The molecule has 1 heterocycles. The van der Waals surface area contributed by atoms with E-state index in [-0.39, 0.29) is 11.4 Å². The van der Waals surface area contributed by atoms with Gasteiger partial charge in [0, 0.05) is 22.6 Å². The van der Waals surface area contributed by atoms with Crippen molar-refractivity contribution in [1.82, 2.24) is 4.98 Å². The fraction of sp³-hybridized carbons (Fsp3) is 0.455. The van der Waals surface area contributed by atoms with Crippen LogP contribution in [0.25, 0.3) is 0 Å². The van der Waals surface area contributed by atoms with Gasteiger partial charge in [0.2, 0.25) is 5.91 Å². The van der Waals surface area contributed by atoms with E-state index in [2.05, 4.69) is 26.2 Å². The number of carbonyl (C=O) groups excluding carboxylic acids is 1. The molecular formula is C11H14BrN3O. The van der Waals surface area contributed by atoms with Crippen LogP contribution in [0.15, 0.2) is 22.8 Å². The van der Waals surface area contributed by atoms with E-state index in [0.717, 1.165) is 23.7 Å². The molecule has 1 aliphatic carbocycles. The van der Waals surface area contributed by atoms with Crippen LogP contribution >= 0.6 is 15.9 Å². The highest BCUT2D eigenvalue weighted by Gasteiger charge is 2.34. The van der Waals surface area contributed by atoms with E-state index in [9.17, 15) is 4.79 Å². The van der Waals surface area contributed by atoms with E-state index in [1.54, 1.807) is 12.3 Å². The highest BCUT2D eigenvalue weighted by Crippen LogP contribution is 2.32. The molecule has 0 atom stereocenters. The summed E-state index contributed by atoms with van der Waals surface area (Å²) in [6, 6.07) is 3.59. The third kappa shape index (κ3) is 2.80. The number of halogens is 1. The van der Waals surface area contributed by atoms with Crippen LogP contribution in [0.4, 0.5) is 5.82 Å². The third-order valence-corrected chi connectivity index (χ3v) is 3.33. The Balaban J connectivity index is 1.89. The molecular weight excluding hydrogens is 270 g/mol. The van der Waals surface area contributed by atoms with Gasteiger partial charge in [-0.15, -0.1) is 0 Å². The molecule has 5 heteroatoms. The van der Waals surface area contributed by atoms with Gasteiger partial charge in [0.05, 0.1) is 0 Å². The molecule has 1 aromatic heterocycles. The van der Waals surface area contributed by atoms with Crippen molar-refractivity contribution in [1.29, 1.82) is 0 Å². The Hall–Kier alpha value is -0.940. The number of nitrogens with zero attached hydrogens (tertiary/aromatic N) is 1. The fourth-order valence-electron chi connectivity index (χ4n) is 1.76. The largest absolute Gasteiger partial charge is 0.325 e. The monoisotopic (exact) mass is 283 g/mol. The van der Waals surface area contributed by atoms with Crippen LogP contribution in [-0.2, 0) is 4.79 Å². The average molecular weight is 284 g/mol. The van der Waals surface area contributed by atoms with Crippen LogP contribution in [-0.4, -0.2) is 16.4 Å².